The SMILES string of the molecule is Cc1ccc(S(=O)(=O)N/N=C/c2ccc(C(=O)Oc3ccc([N+](=O)[O-])cc3)cc2)cc1. The third-order valence-electron chi connectivity index (χ3n) is 4.12. The van der Waals surface area contributed by atoms with Crippen LogP contribution in [-0.4, -0.2) is 25.5 Å². The zero-order valence-corrected chi connectivity index (χ0v) is 17.1. The lowest BCUT2D eigenvalue weighted by molar-refractivity contribution is -0.384. The molecule has 3 aromatic rings. The summed E-state index contributed by atoms with van der Waals surface area (Å²) in [6.45, 7) is 1.85. The lowest BCUT2D eigenvalue weighted by atomic mass is 10.1. The predicted octanol–water partition coefficient (Wildman–Crippen LogP) is 3.43. The minimum absolute atomic E-state index is 0.0968. The number of nitro benzene ring substituents is 1. The highest BCUT2D eigenvalue weighted by atomic mass is 32.2. The molecule has 0 aliphatic rings. The van der Waals surface area contributed by atoms with Crippen molar-refractivity contribution >= 4 is 27.9 Å². The van der Waals surface area contributed by atoms with Crippen molar-refractivity contribution < 1.29 is 22.9 Å². The smallest absolute Gasteiger partial charge is 0.343 e. The Morgan fingerprint density at radius 3 is 2.19 bits per heavy atom. The average molecular weight is 439 g/mol. The molecule has 0 aliphatic carbocycles. The highest BCUT2D eigenvalue weighted by molar-refractivity contribution is 7.89. The Kier molecular flexibility index (Phi) is 6.41. The molecule has 3 rings (SSSR count). The first kappa shape index (κ1) is 21.7. The van der Waals surface area contributed by atoms with Gasteiger partial charge in [-0.1, -0.05) is 29.8 Å². The van der Waals surface area contributed by atoms with Gasteiger partial charge < -0.3 is 4.74 Å². The third-order valence-corrected chi connectivity index (χ3v) is 5.36. The van der Waals surface area contributed by atoms with Crippen LogP contribution in [0.5, 0.6) is 5.75 Å². The Bertz CT molecular complexity index is 1220. The molecular formula is C21H17N3O6S. The standard InChI is InChI=1S/C21H17N3O6S/c1-15-2-12-20(13-3-15)31(28,29)23-22-14-16-4-6-17(7-5-16)21(25)30-19-10-8-18(9-11-19)24(26)27/h2-14,23H,1H3/b22-14+. The van der Waals surface area contributed by atoms with Crippen LogP contribution in [0.4, 0.5) is 5.69 Å². The van der Waals surface area contributed by atoms with Gasteiger partial charge >= 0.3 is 5.97 Å². The van der Waals surface area contributed by atoms with Crippen LogP contribution >= 0.6 is 0 Å². The molecule has 10 heteroatoms. The number of hydrogen-bond acceptors (Lipinski definition) is 7. The lowest BCUT2D eigenvalue weighted by Gasteiger charge is -2.05. The highest BCUT2D eigenvalue weighted by Crippen LogP contribution is 2.18. The summed E-state index contributed by atoms with van der Waals surface area (Å²) in [5, 5.41) is 14.4. The average Bonchev–Trinajstić information content (AvgIpc) is 2.75. The minimum atomic E-state index is -3.78. The van der Waals surface area contributed by atoms with Crippen molar-refractivity contribution in [1.29, 1.82) is 0 Å². The van der Waals surface area contributed by atoms with E-state index in [0.717, 1.165) is 5.56 Å². The monoisotopic (exact) mass is 439 g/mol. The second kappa shape index (κ2) is 9.18. The largest absolute Gasteiger partial charge is 0.423 e. The van der Waals surface area contributed by atoms with Crippen molar-refractivity contribution in [3.05, 3.63) is 99.6 Å². The second-order valence-corrected chi connectivity index (χ2v) is 8.09. The van der Waals surface area contributed by atoms with E-state index >= 15 is 0 Å². The number of ether oxygens (including phenoxy) is 1. The number of benzene rings is 3. The first-order chi connectivity index (χ1) is 14.7. The van der Waals surface area contributed by atoms with Gasteiger partial charge in [0.1, 0.15) is 5.75 Å². The molecule has 0 spiro atoms. The number of hydrazone groups is 1. The lowest BCUT2D eigenvalue weighted by Crippen LogP contribution is -2.18. The van der Waals surface area contributed by atoms with E-state index in [2.05, 4.69) is 9.93 Å². The molecule has 31 heavy (non-hydrogen) atoms. The number of carbonyl (C=O) groups excluding carboxylic acids is 1. The first-order valence-corrected chi connectivity index (χ1v) is 10.4. The second-order valence-electron chi connectivity index (χ2n) is 6.43. The van der Waals surface area contributed by atoms with E-state index in [9.17, 15) is 23.3 Å². The van der Waals surface area contributed by atoms with Crippen LogP contribution in [0.1, 0.15) is 21.5 Å². The molecule has 0 heterocycles. The highest BCUT2D eigenvalue weighted by Gasteiger charge is 2.12. The zero-order valence-electron chi connectivity index (χ0n) is 16.3. The number of nitrogens with zero attached hydrogens (tertiary/aromatic N) is 2. The van der Waals surface area contributed by atoms with Crippen LogP contribution in [0.3, 0.4) is 0 Å². The number of nitro groups is 1. The fourth-order valence-corrected chi connectivity index (χ4v) is 3.24. The summed E-state index contributed by atoms with van der Waals surface area (Å²) in [6, 6.07) is 17.6. The van der Waals surface area contributed by atoms with Gasteiger partial charge in [0, 0.05) is 12.1 Å². The number of sulfonamides is 1. The molecule has 0 saturated carbocycles. The van der Waals surface area contributed by atoms with Crippen molar-refractivity contribution in [2.45, 2.75) is 11.8 Å². The maximum atomic E-state index is 12.2. The number of esters is 1. The molecule has 0 unspecified atom stereocenters. The van der Waals surface area contributed by atoms with Crippen molar-refractivity contribution in [2.75, 3.05) is 0 Å². The summed E-state index contributed by atoms with van der Waals surface area (Å²) in [6.07, 6.45) is 1.30. The van der Waals surface area contributed by atoms with Crippen LogP contribution < -0.4 is 9.57 Å². The number of non-ortho nitro benzene ring substituents is 1. The summed E-state index contributed by atoms with van der Waals surface area (Å²) in [5.41, 5.74) is 1.63. The van der Waals surface area contributed by atoms with Gasteiger partial charge in [-0.15, -0.1) is 0 Å². The topological polar surface area (TPSA) is 128 Å². The van der Waals surface area contributed by atoms with Crippen LogP contribution in [0.2, 0.25) is 0 Å². The summed E-state index contributed by atoms with van der Waals surface area (Å²) >= 11 is 0. The van der Waals surface area contributed by atoms with Crippen LogP contribution in [0.15, 0.2) is 82.8 Å². The number of aryl methyl sites for hydroxylation is 1. The minimum Gasteiger partial charge on any atom is -0.423 e. The fourth-order valence-electron chi connectivity index (χ4n) is 2.45. The molecule has 0 bridgehead atoms. The van der Waals surface area contributed by atoms with Gasteiger partial charge in [-0.25, -0.2) is 9.63 Å². The van der Waals surface area contributed by atoms with Gasteiger partial charge in [-0.2, -0.15) is 13.5 Å². The number of rotatable bonds is 7. The zero-order chi connectivity index (χ0) is 22.4. The summed E-state index contributed by atoms with van der Waals surface area (Å²) in [4.78, 5) is 24.5. The van der Waals surface area contributed by atoms with Crippen molar-refractivity contribution in [3.8, 4) is 5.75 Å². The molecule has 0 amide bonds. The first-order valence-electron chi connectivity index (χ1n) is 8.93. The van der Waals surface area contributed by atoms with Crippen LogP contribution in [0.25, 0.3) is 0 Å². The van der Waals surface area contributed by atoms with E-state index in [0.29, 0.717) is 5.56 Å². The van der Waals surface area contributed by atoms with Crippen molar-refractivity contribution in [3.63, 3.8) is 0 Å². The Labute approximate surface area is 178 Å². The van der Waals surface area contributed by atoms with E-state index in [-0.39, 0.29) is 21.9 Å². The van der Waals surface area contributed by atoms with Gasteiger partial charge in [0.05, 0.1) is 21.6 Å². The maximum absolute atomic E-state index is 12.2. The molecule has 9 nitrogen and oxygen atoms in total. The van der Waals surface area contributed by atoms with Gasteiger partial charge in [0.15, 0.2) is 0 Å². The summed E-state index contributed by atoms with van der Waals surface area (Å²) in [5.74, 6) is -0.468. The normalized spacial score (nSPS) is 11.3. The van der Waals surface area contributed by atoms with Gasteiger partial charge in [0.2, 0.25) is 0 Å². The molecular weight excluding hydrogens is 422 g/mol. The van der Waals surface area contributed by atoms with E-state index in [1.54, 1.807) is 24.3 Å². The van der Waals surface area contributed by atoms with Gasteiger partial charge in [-0.3, -0.25) is 10.1 Å². The number of nitrogens with one attached hydrogen (secondary N) is 1. The van der Waals surface area contributed by atoms with E-state index in [1.165, 1.54) is 54.7 Å². The third kappa shape index (κ3) is 5.73. The van der Waals surface area contributed by atoms with Crippen LogP contribution in [0, 0.1) is 17.0 Å². The Morgan fingerprint density at radius 1 is 1.00 bits per heavy atom. The van der Waals surface area contributed by atoms with E-state index < -0.39 is 20.9 Å². The molecule has 0 aliphatic heterocycles. The molecule has 158 valence electrons. The molecule has 3 aromatic carbocycles. The summed E-state index contributed by atoms with van der Waals surface area (Å²) in [7, 11) is -3.78. The van der Waals surface area contributed by atoms with Gasteiger partial charge in [0.25, 0.3) is 15.7 Å². The number of carbonyl (C=O) groups is 1. The van der Waals surface area contributed by atoms with Gasteiger partial charge in [-0.05, 0) is 48.9 Å². The molecule has 0 radical (unpaired) electrons. The Balaban J connectivity index is 1.61. The summed E-state index contributed by atoms with van der Waals surface area (Å²) < 4.78 is 29.5. The molecule has 0 fully saturated rings. The predicted molar refractivity (Wildman–Crippen MR) is 114 cm³/mol. The maximum Gasteiger partial charge on any atom is 0.343 e. The van der Waals surface area contributed by atoms with E-state index in [1.807, 2.05) is 6.92 Å². The fraction of sp³-hybridized carbons (Fsp3) is 0.0476. The van der Waals surface area contributed by atoms with Crippen LogP contribution in [-0.2, 0) is 10.0 Å². The molecule has 0 saturated heterocycles. The van der Waals surface area contributed by atoms with Crippen molar-refractivity contribution in [2.24, 2.45) is 5.10 Å². The Hall–Kier alpha value is -4.05. The molecule has 1 N–H and O–H groups in total. The molecule has 0 atom stereocenters. The quantitative estimate of drug-likeness (QED) is 0.197. The molecule has 0 aromatic heterocycles. The number of hydrogen-bond donors (Lipinski definition) is 1. The van der Waals surface area contributed by atoms with Crippen molar-refractivity contribution in [1.82, 2.24) is 4.83 Å². The van der Waals surface area contributed by atoms with E-state index in [4.69, 9.17) is 4.74 Å². The Morgan fingerprint density at radius 2 is 1.61 bits per heavy atom.